The first-order chi connectivity index (χ1) is 12.2. The fraction of sp³-hybridized carbons (Fsp3) is 0.368. The summed E-state index contributed by atoms with van der Waals surface area (Å²) >= 11 is 0. The van der Waals surface area contributed by atoms with Gasteiger partial charge in [0.25, 0.3) is 5.91 Å². The van der Waals surface area contributed by atoms with Gasteiger partial charge in [0, 0.05) is 43.9 Å². The van der Waals surface area contributed by atoms with Crippen LogP contribution in [-0.2, 0) is 17.7 Å². The van der Waals surface area contributed by atoms with E-state index < -0.39 is 0 Å². The number of carbonyl (C=O) groups is 1. The summed E-state index contributed by atoms with van der Waals surface area (Å²) in [7, 11) is 1.70. The third-order valence-electron chi connectivity index (χ3n) is 4.83. The Morgan fingerprint density at radius 1 is 1.36 bits per heavy atom. The highest BCUT2D eigenvalue weighted by atomic mass is 16.5. The predicted molar refractivity (Wildman–Crippen MR) is 93.5 cm³/mol. The van der Waals surface area contributed by atoms with E-state index in [-0.39, 0.29) is 11.9 Å². The number of benzene rings is 1. The number of ether oxygens (including phenoxy) is 1. The first kappa shape index (κ1) is 15.9. The lowest BCUT2D eigenvalue weighted by molar-refractivity contribution is 0.0605. The van der Waals surface area contributed by atoms with Gasteiger partial charge in [-0.15, -0.1) is 0 Å². The summed E-state index contributed by atoms with van der Waals surface area (Å²) in [5, 5.41) is 0.943. The maximum atomic E-state index is 12.9. The van der Waals surface area contributed by atoms with Crippen molar-refractivity contribution in [3.63, 3.8) is 0 Å². The van der Waals surface area contributed by atoms with Crippen LogP contribution < -0.4 is 0 Å². The molecule has 4 rings (SSSR count). The number of carbonyl (C=O) groups excluding carboxylic acids is 1. The van der Waals surface area contributed by atoms with Gasteiger partial charge in [0.05, 0.1) is 12.6 Å². The number of amides is 1. The lowest BCUT2D eigenvalue weighted by atomic mass is 10.2. The van der Waals surface area contributed by atoms with Gasteiger partial charge in [-0.05, 0) is 19.1 Å². The van der Waals surface area contributed by atoms with Crippen LogP contribution in [0.25, 0.3) is 11.0 Å². The molecule has 0 saturated heterocycles. The van der Waals surface area contributed by atoms with Crippen molar-refractivity contribution in [3.05, 3.63) is 53.8 Å². The average molecular weight is 339 g/mol. The van der Waals surface area contributed by atoms with Crippen molar-refractivity contribution in [1.29, 1.82) is 0 Å². The lowest BCUT2D eigenvalue weighted by Gasteiger charge is -2.33. The zero-order valence-corrected chi connectivity index (χ0v) is 14.4. The Morgan fingerprint density at radius 3 is 3.00 bits per heavy atom. The van der Waals surface area contributed by atoms with E-state index in [1.165, 1.54) is 0 Å². The molecule has 1 aromatic carbocycles. The number of rotatable bonds is 4. The number of fused-ring (bicyclic) bond motifs is 2. The van der Waals surface area contributed by atoms with Gasteiger partial charge in [0.2, 0.25) is 0 Å². The molecule has 1 amide bonds. The van der Waals surface area contributed by atoms with Gasteiger partial charge in [0.15, 0.2) is 5.76 Å². The van der Waals surface area contributed by atoms with Gasteiger partial charge in [-0.2, -0.15) is 0 Å². The molecule has 0 radical (unpaired) electrons. The van der Waals surface area contributed by atoms with Crippen LogP contribution in [0.1, 0.15) is 35.0 Å². The summed E-state index contributed by atoms with van der Waals surface area (Å²) in [4.78, 5) is 19.3. The second-order valence-electron chi connectivity index (χ2n) is 6.33. The molecule has 25 heavy (non-hydrogen) atoms. The van der Waals surface area contributed by atoms with Crippen LogP contribution in [0.2, 0.25) is 0 Å². The molecule has 3 heterocycles. The average Bonchev–Trinajstić information content (AvgIpc) is 3.24. The predicted octanol–water partition coefficient (Wildman–Crippen LogP) is 3.04. The van der Waals surface area contributed by atoms with Gasteiger partial charge in [-0.1, -0.05) is 18.2 Å². The zero-order valence-electron chi connectivity index (χ0n) is 14.4. The Balaban J connectivity index is 1.59. The molecule has 130 valence electrons. The van der Waals surface area contributed by atoms with E-state index in [0.717, 1.165) is 35.5 Å². The summed E-state index contributed by atoms with van der Waals surface area (Å²) < 4.78 is 13.1. The van der Waals surface area contributed by atoms with Gasteiger partial charge >= 0.3 is 0 Å². The van der Waals surface area contributed by atoms with Crippen molar-refractivity contribution in [2.45, 2.75) is 25.9 Å². The maximum absolute atomic E-state index is 12.9. The van der Waals surface area contributed by atoms with E-state index in [1.807, 2.05) is 48.4 Å². The standard InChI is InChI=1S/C19H21N3O3/c1-13-18-20-12-15(7-10-24-2)22(18)9-8-21(13)19(23)17-11-14-5-3-4-6-16(14)25-17/h3-6,11-13H,7-10H2,1-2H3. The van der Waals surface area contributed by atoms with E-state index in [9.17, 15) is 4.79 Å². The first-order valence-corrected chi connectivity index (χ1v) is 8.52. The smallest absolute Gasteiger partial charge is 0.290 e. The van der Waals surface area contributed by atoms with E-state index >= 15 is 0 Å². The van der Waals surface area contributed by atoms with Crippen molar-refractivity contribution in [2.75, 3.05) is 20.3 Å². The summed E-state index contributed by atoms with van der Waals surface area (Å²) in [6.07, 6.45) is 2.72. The molecule has 6 heteroatoms. The Kier molecular flexibility index (Phi) is 4.05. The number of hydrogen-bond acceptors (Lipinski definition) is 4. The minimum Gasteiger partial charge on any atom is -0.451 e. The van der Waals surface area contributed by atoms with Gasteiger partial charge in [-0.3, -0.25) is 4.79 Å². The highest BCUT2D eigenvalue weighted by molar-refractivity contribution is 5.96. The molecule has 0 aliphatic carbocycles. The second-order valence-corrected chi connectivity index (χ2v) is 6.33. The van der Waals surface area contributed by atoms with Gasteiger partial charge < -0.3 is 18.6 Å². The number of methoxy groups -OCH3 is 1. The summed E-state index contributed by atoms with van der Waals surface area (Å²) in [5.41, 5.74) is 1.89. The van der Waals surface area contributed by atoms with E-state index in [2.05, 4.69) is 9.55 Å². The van der Waals surface area contributed by atoms with Gasteiger partial charge in [0.1, 0.15) is 11.4 Å². The Morgan fingerprint density at radius 2 is 2.20 bits per heavy atom. The van der Waals surface area contributed by atoms with Crippen molar-refractivity contribution >= 4 is 16.9 Å². The van der Waals surface area contributed by atoms with Crippen LogP contribution in [0.4, 0.5) is 0 Å². The molecule has 0 spiro atoms. The number of hydrogen-bond donors (Lipinski definition) is 0. The number of furan rings is 1. The van der Waals surface area contributed by atoms with Crippen LogP contribution in [0.3, 0.4) is 0 Å². The molecule has 0 N–H and O–H groups in total. The second kappa shape index (κ2) is 6.37. The molecular formula is C19H21N3O3. The summed E-state index contributed by atoms with van der Waals surface area (Å²) in [5.74, 6) is 1.21. The van der Waals surface area contributed by atoms with Crippen LogP contribution in [0, 0.1) is 0 Å². The van der Waals surface area contributed by atoms with Crippen LogP contribution >= 0.6 is 0 Å². The Hall–Kier alpha value is -2.60. The third kappa shape index (κ3) is 2.72. The van der Waals surface area contributed by atoms with Crippen LogP contribution in [0.15, 0.2) is 40.9 Å². The minimum absolute atomic E-state index is 0.0867. The highest BCUT2D eigenvalue weighted by Gasteiger charge is 2.32. The highest BCUT2D eigenvalue weighted by Crippen LogP contribution is 2.28. The topological polar surface area (TPSA) is 60.5 Å². The minimum atomic E-state index is -0.0919. The molecule has 2 aromatic heterocycles. The van der Waals surface area contributed by atoms with Crippen molar-refractivity contribution in [1.82, 2.24) is 14.5 Å². The molecule has 1 aliphatic heterocycles. The molecular weight excluding hydrogens is 318 g/mol. The lowest BCUT2D eigenvalue weighted by Crippen LogP contribution is -2.41. The largest absolute Gasteiger partial charge is 0.451 e. The molecule has 1 atom stereocenters. The van der Waals surface area contributed by atoms with Crippen molar-refractivity contribution in [2.24, 2.45) is 0 Å². The number of nitrogens with zero attached hydrogens (tertiary/aromatic N) is 3. The summed E-state index contributed by atoms with van der Waals surface area (Å²) in [6, 6.07) is 9.39. The maximum Gasteiger partial charge on any atom is 0.290 e. The third-order valence-corrected chi connectivity index (χ3v) is 4.83. The summed E-state index contributed by atoms with van der Waals surface area (Å²) in [6.45, 7) is 4.06. The Bertz CT molecular complexity index is 879. The van der Waals surface area contributed by atoms with Gasteiger partial charge in [-0.25, -0.2) is 4.98 Å². The van der Waals surface area contributed by atoms with E-state index in [1.54, 1.807) is 7.11 Å². The SMILES string of the molecule is COCCc1cnc2n1CCN(C(=O)c1cc3ccccc3o1)C2C. The molecule has 0 fully saturated rings. The molecule has 0 saturated carbocycles. The number of imidazole rings is 1. The van der Waals surface area contributed by atoms with Crippen molar-refractivity contribution in [3.8, 4) is 0 Å². The Labute approximate surface area is 146 Å². The van der Waals surface area contributed by atoms with E-state index in [0.29, 0.717) is 18.9 Å². The van der Waals surface area contributed by atoms with Crippen LogP contribution in [0.5, 0.6) is 0 Å². The fourth-order valence-corrected chi connectivity index (χ4v) is 3.47. The first-order valence-electron chi connectivity index (χ1n) is 8.52. The molecule has 1 unspecified atom stereocenters. The van der Waals surface area contributed by atoms with E-state index in [4.69, 9.17) is 9.15 Å². The monoisotopic (exact) mass is 339 g/mol. The zero-order chi connectivity index (χ0) is 17.4. The normalized spacial score (nSPS) is 17.0. The number of aromatic nitrogens is 2. The van der Waals surface area contributed by atoms with Crippen LogP contribution in [-0.4, -0.2) is 40.6 Å². The number of para-hydroxylation sites is 1. The molecule has 3 aromatic rings. The molecule has 1 aliphatic rings. The molecule has 6 nitrogen and oxygen atoms in total. The molecule has 0 bridgehead atoms. The quantitative estimate of drug-likeness (QED) is 0.733. The van der Waals surface area contributed by atoms with Crippen molar-refractivity contribution < 1.29 is 13.9 Å². The fourth-order valence-electron chi connectivity index (χ4n) is 3.47.